The molecule has 0 radical (unpaired) electrons. The van der Waals surface area contributed by atoms with Crippen LogP contribution in [0.15, 0.2) is 83.9 Å². The van der Waals surface area contributed by atoms with E-state index in [0.29, 0.717) is 6.61 Å². The van der Waals surface area contributed by atoms with Gasteiger partial charge in [0.15, 0.2) is 0 Å². The summed E-state index contributed by atoms with van der Waals surface area (Å²) in [6.45, 7) is 0.603. The number of amides is 1. The minimum Gasteiger partial charge on any atom is -0.493 e. The molecule has 1 atom stereocenters. The van der Waals surface area contributed by atoms with E-state index in [9.17, 15) is 4.79 Å². The second kappa shape index (κ2) is 8.78. The summed E-state index contributed by atoms with van der Waals surface area (Å²) < 4.78 is 5.69. The normalized spacial score (nSPS) is 15.2. The van der Waals surface area contributed by atoms with Crippen LogP contribution in [0.2, 0.25) is 0 Å². The van der Waals surface area contributed by atoms with Crippen LogP contribution < -0.4 is 10.1 Å². The van der Waals surface area contributed by atoms with Gasteiger partial charge in [-0.15, -0.1) is 10.2 Å². The maximum absolute atomic E-state index is 12.7. The van der Waals surface area contributed by atoms with Gasteiger partial charge in [-0.05, 0) is 6.07 Å². The number of fused-ring (bicyclic) bond motifs is 2. The molecule has 1 aromatic heterocycles. The first-order valence-corrected chi connectivity index (χ1v) is 11.2. The maximum atomic E-state index is 12.7. The summed E-state index contributed by atoms with van der Waals surface area (Å²) in [5.74, 6) is 1.10. The molecular weight excluding hydrogens is 406 g/mol. The topological polar surface area (TPSA) is 64.1 Å². The van der Waals surface area contributed by atoms with E-state index in [4.69, 9.17) is 4.74 Å². The average molecular weight is 428 g/mol. The number of benzene rings is 3. The fourth-order valence-corrected chi connectivity index (χ4v) is 4.64. The summed E-state index contributed by atoms with van der Waals surface area (Å²) in [5, 5.41) is 14.9. The lowest BCUT2D eigenvalue weighted by molar-refractivity contribution is -0.119. The Morgan fingerprint density at radius 3 is 2.55 bits per heavy atom. The van der Waals surface area contributed by atoms with Crippen LogP contribution in [0.3, 0.4) is 0 Å². The summed E-state index contributed by atoms with van der Waals surface area (Å²) in [4.78, 5) is 12.7. The van der Waals surface area contributed by atoms with Crippen molar-refractivity contribution in [1.29, 1.82) is 0 Å². The molecule has 0 saturated carbocycles. The van der Waals surface area contributed by atoms with Gasteiger partial charge in [-0.1, -0.05) is 84.6 Å². The molecule has 3 aromatic carbocycles. The minimum absolute atomic E-state index is 0.0234. The lowest BCUT2D eigenvalue weighted by Gasteiger charge is -2.26. The predicted molar refractivity (Wildman–Crippen MR) is 123 cm³/mol. The van der Waals surface area contributed by atoms with Gasteiger partial charge in [0, 0.05) is 28.3 Å². The predicted octanol–water partition coefficient (Wildman–Crippen LogP) is 5.03. The molecule has 0 bridgehead atoms. The Labute approximate surface area is 184 Å². The number of aromatic nitrogens is 2. The van der Waals surface area contributed by atoms with Crippen molar-refractivity contribution in [2.24, 2.45) is 0 Å². The van der Waals surface area contributed by atoms with Crippen molar-refractivity contribution in [3.63, 3.8) is 0 Å². The van der Waals surface area contributed by atoms with E-state index in [0.717, 1.165) is 44.8 Å². The average Bonchev–Trinajstić information content (AvgIpc) is 2.83. The Bertz CT molecular complexity index is 1230. The van der Waals surface area contributed by atoms with Crippen LogP contribution in [0.4, 0.5) is 0 Å². The van der Waals surface area contributed by atoms with Crippen molar-refractivity contribution in [3.05, 3.63) is 84.4 Å². The van der Waals surface area contributed by atoms with Gasteiger partial charge in [0.1, 0.15) is 16.5 Å². The summed E-state index contributed by atoms with van der Waals surface area (Å²) in [7, 11) is 0. The van der Waals surface area contributed by atoms with E-state index in [1.807, 2.05) is 72.8 Å². The number of para-hydroxylation sites is 1. The molecule has 31 heavy (non-hydrogen) atoms. The Balaban J connectivity index is 1.33. The molecule has 1 amide bonds. The van der Waals surface area contributed by atoms with Gasteiger partial charge >= 0.3 is 0 Å². The molecule has 1 aliphatic rings. The summed E-state index contributed by atoms with van der Waals surface area (Å²) in [5.41, 5.74) is 2.91. The van der Waals surface area contributed by atoms with Crippen LogP contribution in [0, 0.1) is 0 Å². The Hall–Kier alpha value is -3.38. The molecule has 2 heterocycles. The quantitative estimate of drug-likeness (QED) is 0.453. The van der Waals surface area contributed by atoms with Crippen LogP contribution in [-0.4, -0.2) is 28.5 Å². The van der Waals surface area contributed by atoms with Gasteiger partial charge < -0.3 is 10.1 Å². The molecule has 5 nitrogen and oxygen atoms in total. The Morgan fingerprint density at radius 2 is 1.68 bits per heavy atom. The van der Waals surface area contributed by atoms with Gasteiger partial charge in [0.2, 0.25) is 5.91 Å². The molecule has 154 valence electrons. The lowest BCUT2D eigenvalue weighted by Crippen LogP contribution is -2.33. The Morgan fingerprint density at radius 1 is 0.935 bits per heavy atom. The smallest absolute Gasteiger partial charge is 0.230 e. The van der Waals surface area contributed by atoms with Crippen molar-refractivity contribution in [1.82, 2.24) is 15.5 Å². The van der Waals surface area contributed by atoms with Crippen LogP contribution in [0.1, 0.15) is 18.0 Å². The number of ether oxygens (including phenoxy) is 1. The van der Waals surface area contributed by atoms with Crippen LogP contribution in [0.5, 0.6) is 5.75 Å². The van der Waals surface area contributed by atoms with E-state index >= 15 is 0 Å². The van der Waals surface area contributed by atoms with Gasteiger partial charge in [0.05, 0.1) is 18.4 Å². The van der Waals surface area contributed by atoms with Crippen molar-refractivity contribution >= 4 is 28.4 Å². The van der Waals surface area contributed by atoms with Gasteiger partial charge in [0.25, 0.3) is 0 Å². The number of hydrogen-bond donors (Lipinski definition) is 1. The number of nitrogens with zero attached hydrogens (tertiary/aromatic N) is 2. The third kappa shape index (κ3) is 4.11. The largest absolute Gasteiger partial charge is 0.493 e. The number of carbonyl (C=O) groups is 1. The van der Waals surface area contributed by atoms with E-state index in [1.54, 1.807) is 0 Å². The molecule has 4 aromatic rings. The number of rotatable bonds is 5. The SMILES string of the molecule is O=C(CSc1nnc(-c2ccccc2)c2ccccc12)N[C@@H]1CCOc2ccccc21. The highest BCUT2D eigenvalue weighted by Crippen LogP contribution is 2.33. The molecule has 0 fully saturated rings. The highest BCUT2D eigenvalue weighted by atomic mass is 32.2. The second-order valence-electron chi connectivity index (χ2n) is 7.35. The van der Waals surface area contributed by atoms with Gasteiger partial charge in [-0.3, -0.25) is 4.79 Å². The third-order valence-corrected chi connectivity index (χ3v) is 6.32. The van der Waals surface area contributed by atoms with Crippen molar-refractivity contribution in [2.75, 3.05) is 12.4 Å². The van der Waals surface area contributed by atoms with Crippen molar-refractivity contribution < 1.29 is 9.53 Å². The zero-order chi connectivity index (χ0) is 21.0. The number of carbonyl (C=O) groups excluding carboxylic acids is 1. The van der Waals surface area contributed by atoms with E-state index in [2.05, 4.69) is 21.6 Å². The van der Waals surface area contributed by atoms with Gasteiger partial charge in [-0.2, -0.15) is 0 Å². The second-order valence-corrected chi connectivity index (χ2v) is 8.31. The lowest BCUT2D eigenvalue weighted by atomic mass is 10.0. The summed E-state index contributed by atoms with van der Waals surface area (Å²) in [6, 6.07) is 25.9. The molecular formula is C25H21N3O2S. The van der Waals surface area contributed by atoms with Crippen LogP contribution in [-0.2, 0) is 4.79 Å². The minimum atomic E-state index is -0.0265. The highest BCUT2D eigenvalue weighted by Gasteiger charge is 2.23. The first kappa shape index (κ1) is 19.6. The summed E-state index contributed by atoms with van der Waals surface area (Å²) >= 11 is 1.41. The molecule has 5 rings (SSSR count). The monoisotopic (exact) mass is 427 g/mol. The molecule has 0 saturated heterocycles. The van der Waals surface area contributed by atoms with Crippen LogP contribution in [0.25, 0.3) is 22.0 Å². The third-order valence-electron chi connectivity index (χ3n) is 5.33. The zero-order valence-corrected chi connectivity index (χ0v) is 17.6. The number of hydrogen-bond acceptors (Lipinski definition) is 5. The first-order chi connectivity index (χ1) is 15.3. The fourth-order valence-electron chi connectivity index (χ4n) is 3.86. The highest BCUT2D eigenvalue weighted by molar-refractivity contribution is 8.00. The Kier molecular flexibility index (Phi) is 5.54. The fraction of sp³-hybridized carbons (Fsp3) is 0.160. The molecule has 1 N–H and O–H groups in total. The molecule has 1 aliphatic heterocycles. The molecule has 6 heteroatoms. The zero-order valence-electron chi connectivity index (χ0n) is 16.8. The first-order valence-electron chi connectivity index (χ1n) is 10.2. The van der Waals surface area contributed by atoms with Crippen molar-refractivity contribution in [3.8, 4) is 17.0 Å². The molecule has 0 aliphatic carbocycles. The maximum Gasteiger partial charge on any atom is 0.230 e. The molecule has 0 unspecified atom stereocenters. The van der Waals surface area contributed by atoms with E-state index < -0.39 is 0 Å². The van der Waals surface area contributed by atoms with E-state index in [1.165, 1.54) is 11.8 Å². The van der Waals surface area contributed by atoms with E-state index in [-0.39, 0.29) is 17.7 Å². The number of thioether (sulfide) groups is 1. The van der Waals surface area contributed by atoms with Crippen molar-refractivity contribution in [2.45, 2.75) is 17.5 Å². The number of nitrogens with one attached hydrogen (secondary N) is 1. The molecule has 0 spiro atoms. The van der Waals surface area contributed by atoms with Gasteiger partial charge in [-0.25, -0.2) is 0 Å². The summed E-state index contributed by atoms with van der Waals surface area (Å²) in [6.07, 6.45) is 0.766. The standard InChI is InChI=1S/C25H21N3O2S/c29-23(26-21-14-15-30-22-13-7-6-12-20(21)22)16-31-25-19-11-5-4-10-18(19)24(27-28-25)17-8-2-1-3-9-17/h1-13,21H,14-16H2,(H,26,29)/t21-/m1/s1. The van der Waals surface area contributed by atoms with Crippen LogP contribution >= 0.6 is 11.8 Å².